The Bertz CT molecular complexity index is 612. The number of thiazole rings is 1. The van der Waals surface area contributed by atoms with E-state index in [4.69, 9.17) is 15.2 Å². The Kier molecular flexibility index (Phi) is 3.64. The third-order valence-corrected chi connectivity index (χ3v) is 4.06. The highest BCUT2D eigenvalue weighted by Gasteiger charge is 2.14. The van der Waals surface area contributed by atoms with Crippen LogP contribution in [0, 0.1) is 6.92 Å². The van der Waals surface area contributed by atoms with E-state index in [1.165, 1.54) is 0 Å². The highest BCUT2D eigenvalue weighted by Crippen LogP contribution is 2.36. The van der Waals surface area contributed by atoms with E-state index in [1.807, 2.05) is 19.1 Å². The van der Waals surface area contributed by atoms with E-state index in [9.17, 15) is 0 Å². The molecule has 0 unspecified atom stereocenters. The normalized spacial score (nSPS) is 13.2. The van der Waals surface area contributed by atoms with Crippen LogP contribution in [-0.2, 0) is 6.42 Å². The van der Waals surface area contributed by atoms with Gasteiger partial charge in [0.2, 0.25) is 0 Å². The van der Waals surface area contributed by atoms with E-state index < -0.39 is 0 Å². The Balaban J connectivity index is 1.65. The lowest BCUT2D eigenvalue weighted by Gasteiger charge is -2.20. The number of rotatable bonds is 4. The van der Waals surface area contributed by atoms with Gasteiger partial charge in [-0.1, -0.05) is 0 Å². The molecule has 0 saturated carbocycles. The Morgan fingerprint density at radius 1 is 1.30 bits per heavy atom. The molecule has 5 nitrogen and oxygen atoms in total. The summed E-state index contributed by atoms with van der Waals surface area (Å²) < 4.78 is 11.1. The minimum absolute atomic E-state index is 0.572. The molecule has 1 aliphatic heterocycles. The number of nitrogen functional groups attached to an aromatic ring is 1. The number of aryl methyl sites for hydroxylation is 1. The first-order chi connectivity index (χ1) is 9.72. The number of aromatic nitrogens is 1. The Hall–Kier alpha value is -1.95. The molecule has 1 aromatic heterocycles. The van der Waals surface area contributed by atoms with Crippen molar-refractivity contribution in [2.45, 2.75) is 13.3 Å². The smallest absolute Gasteiger partial charge is 0.163 e. The van der Waals surface area contributed by atoms with Crippen LogP contribution >= 0.6 is 11.3 Å². The predicted molar refractivity (Wildman–Crippen MR) is 80.9 cm³/mol. The van der Waals surface area contributed by atoms with Crippen molar-refractivity contribution in [3.8, 4) is 11.5 Å². The van der Waals surface area contributed by atoms with Gasteiger partial charge in [0.25, 0.3) is 0 Å². The summed E-state index contributed by atoms with van der Waals surface area (Å²) in [5.74, 6) is 1.47. The standard InChI is InChI=1S/C14H17N3O2S/c1-9-8-20-14(17-9)2-3-16-11-7-13-12(6-10(11)15)18-4-5-19-13/h6-8,16H,2-5,15H2,1H3. The third-order valence-electron chi connectivity index (χ3n) is 3.04. The highest BCUT2D eigenvalue weighted by molar-refractivity contribution is 7.09. The van der Waals surface area contributed by atoms with Crippen molar-refractivity contribution in [3.63, 3.8) is 0 Å². The number of hydrogen-bond donors (Lipinski definition) is 2. The van der Waals surface area contributed by atoms with Gasteiger partial charge in [0, 0.05) is 36.2 Å². The summed E-state index contributed by atoms with van der Waals surface area (Å²) in [5, 5.41) is 6.52. The SMILES string of the molecule is Cc1csc(CCNc2cc3c(cc2N)OCCO3)n1. The van der Waals surface area contributed by atoms with Gasteiger partial charge >= 0.3 is 0 Å². The molecule has 1 aliphatic rings. The zero-order chi connectivity index (χ0) is 13.9. The number of hydrogen-bond acceptors (Lipinski definition) is 6. The molecule has 3 N–H and O–H groups in total. The average Bonchev–Trinajstić information content (AvgIpc) is 2.85. The molecule has 0 fully saturated rings. The van der Waals surface area contributed by atoms with Crippen molar-refractivity contribution < 1.29 is 9.47 Å². The second kappa shape index (κ2) is 5.58. The van der Waals surface area contributed by atoms with Gasteiger partial charge in [-0.05, 0) is 6.92 Å². The summed E-state index contributed by atoms with van der Waals surface area (Å²) in [7, 11) is 0. The van der Waals surface area contributed by atoms with Crippen LogP contribution in [0.5, 0.6) is 11.5 Å². The second-order valence-corrected chi connectivity index (χ2v) is 5.59. The molecular formula is C14H17N3O2S. The molecule has 106 valence electrons. The lowest BCUT2D eigenvalue weighted by molar-refractivity contribution is 0.172. The second-order valence-electron chi connectivity index (χ2n) is 4.64. The minimum Gasteiger partial charge on any atom is -0.486 e. The number of ether oxygens (including phenoxy) is 2. The Morgan fingerprint density at radius 2 is 2.05 bits per heavy atom. The number of nitrogens with one attached hydrogen (secondary N) is 1. The van der Waals surface area contributed by atoms with Gasteiger partial charge < -0.3 is 20.5 Å². The molecule has 0 amide bonds. The zero-order valence-electron chi connectivity index (χ0n) is 11.3. The molecule has 2 heterocycles. The molecule has 0 bridgehead atoms. The molecule has 2 aromatic rings. The third kappa shape index (κ3) is 2.80. The lowest BCUT2D eigenvalue weighted by atomic mass is 10.2. The maximum atomic E-state index is 6.02. The zero-order valence-corrected chi connectivity index (χ0v) is 12.1. The monoisotopic (exact) mass is 291 g/mol. The van der Waals surface area contributed by atoms with Crippen LogP contribution in [0.3, 0.4) is 0 Å². The van der Waals surface area contributed by atoms with Crippen molar-refractivity contribution in [2.75, 3.05) is 30.8 Å². The van der Waals surface area contributed by atoms with E-state index >= 15 is 0 Å². The molecule has 20 heavy (non-hydrogen) atoms. The fraction of sp³-hybridized carbons (Fsp3) is 0.357. The molecule has 0 spiro atoms. The predicted octanol–water partition coefficient (Wildman–Crippen LogP) is 2.46. The van der Waals surface area contributed by atoms with Gasteiger partial charge in [-0.3, -0.25) is 0 Å². The summed E-state index contributed by atoms with van der Waals surface area (Å²) in [6.45, 7) is 3.94. The molecule has 0 saturated heterocycles. The summed E-state index contributed by atoms with van der Waals surface area (Å²) in [6, 6.07) is 3.71. The van der Waals surface area contributed by atoms with Crippen LogP contribution in [0.1, 0.15) is 10.7 Å². The van der Waals surface area contributed by atoms with Gasteiger partial charge in [0.05, 0.1) is 16.4 Å². The number of anilines is 2. The van der Waals surface area contributed by atoms with Crippen molar-refractivity contribution >= 4 is 22.7 Å². The topological polar surface area (TPSA) is 69.4 Å². The van der Waals surface area contributed by atoms with E-state index in [0.29, 0.717) is 18.9 Å². The van der Waals surface area contributed by atoms with Crippen molar-refractivity contribution in [2.24, 2.45) is 0 Å². The minimum atomic E-state index is 0.572. The van der Waals surface area contributed by atoms with Gasteiger partial charge in [0.15, 0.2) is 11.5 Å². The largest absolute Gasteiger partial charge is 0.486 e. The first kappa shape index (κ1) is 13.1. The molecular weight excluding hydrogens is 274 g/mol. The van der Waals surface area contributed by atoms with Gasteiger partial charge in [-0.2, -0.15) is 0 Å². The van der Waals surface area contributed by atoms with E-state index in [-0.39, 0.29) is 0 Å². The lowest BCUT2D eigenvalue weighted by Crippen LogP contribution is -2.16. The summed E-state index contributed by atoms with van der Waals surface area (Å²) in [6.07, 6.45) is 0.881. The van der Waals surface area contributed by atoms with Crippen LogP contribution in [-0.4, -0.2) is 24.7 Å². The fourth-order valence-corrected chi connectivity index (χ4v) is 2.86. The quantitative estimate of drug-likeness (QED) is 0.847. The average molecular weight is 291 g/mol. The highest BCUT2D eigenvalue weighted by atomic mass is 32.1. The molecule has 1 aromatic carbocycles. The summed E-state index contributed by atoms with van der Waals surface area (Å²) >= 11 is 1.68. The van der Waals surface area contributed by atoms with Crippen LogP contribution in [0.4, 0.5) is 11.4 Å². The van der Waals surface area contributed by atoms with E-state index in [1.54, 1.807) is 11.3 Å². The number of nitrogens with two attached hydrogens (primary N) is 1. The van der Waals surface area contributed by atoms with Crippen molar-refractivity contribution in [1.82, 2.24) is 4.98 Å². The maximum Gasteiger partial charge on any atom is 0.163 e. The van der Waals surface area contributed by atoms with Crippen LogP contribution in [0.2, 0.25) is 0 Å². The van der Waals surface area contributed by atoms with Crippen LogP contribution in [0.15, 0.2) is 17.5 Å². The molecule has 0 aliphatic carbocycles. The maximum absolute atomic E-state index is 6.02. The molecule has 0 atom stereocenters. The molecule has 0 radical (unpaired) electrons. The van der Waals surface area contributed by atoms with Crippen LogP contribution < -0.4 is 20.5 Å². The van der Waals surface area contributed by atoms with Gasteiger partial charge in [-0.15, -0.1) is 11.3 Å². The van der Waals surface area contributed by atoms with Crippen LogP contribution in [0.25, 0.3) is 0 Å². The Labute approximate surface area is 121 Å². The van der Waals surface area contributed by atoms with Gasteiger partial charge in [-0.25, -0.2) is 4.98 Å². The Morgan fingerprint density at radius 3 is 2.75 bits per heavy atom. The molecule has 3 rings (SSSR count). The molecule has 6 heteroatoms. The number of nitrogens with zero attached hydrogens (tertiary/aromatic N) is 1. The fourth-order valence-electron chi connectivity index (χ4n) is 2.08. The van der Waals surface area contributed by atoms with Crippen molar-refractivity contribution in [3.05, 3.63) is 28.2 Å². The summed E-state index contributed by atoms with van der Waals surface area (Å²) in [5.41, 5.74) is 8.64. The first-order valence-corrected chi connectivity index (χ1v) is 7.44. The van der Waals surface area contributed by atoms with Gasteiger partial charge in [0.1, 0.15) is 13.2 Å². The number of fused-ring (bicyclic) bond motifs is 1. The van der Waals surface area contributed by atoms with E-state index in [0.717, 1.165) is 40.9 Å². The first-order valence-electron chi connectivity index (χ1n) is 6.56. The number of benzene rings is 1. The van der Waals surface area contributed by atoms with Crippen molar-refractivity contribution in [1.29, 1.82) is 0 Å². The summed E-state index contributed by atoms with van der Waals surface area (Å²) in [4.78, 5) is 4.44. The van der Waals surface area contributed by atoms with E-state index in [2.05, 4.69) is 15.7 Å².